The Bertz CT molecular complexity index is 613. The van der Waals surface area contributed by atoms with Crippen LogP contribution in [0.2, 0.25) is 0 Å². The number of hydrogen-bond donors (Lipinski definition) is 1. The lowest BCUT2D eigenvalue weighted by Gasteiger charge is -2.28. The molecule has 1 fully saturated rings. The Kier molecular flexibility index (Phi) is 6.81. The summed E-state index contributed by atoms with van der Waals surface area (Å²) in [4.78, 5) is 7.88. The Morgan fingerprint density at radius 2 is 2.09 bits per heavy atom. The minimum absolute atomic E-state index is 0. The molecule has 6 heteroatoms. The lowest BCUT2D eigenvalue weighted by Crippen LogP contribution is -2.34. The Balaban J connectivity index is 0.00000192. The molecule has 126 valence electrons. The van der Waals surface area contributed by atoms with Gasteiger partial charge < -0.3 is 5.73 Å². The van der Waals surface area contributed by atoms with Gasteiger partial charge in [-0.25, -0.2) is 9.37 Å². The van der Waals surface area contributed by atoms with Crippen molar-refractivity contribution in [2.45, 2.75) is 44.7 Å². The van der Waals surface area contributed by atoms with E-state index in [-0.39, 0.29) is 18.2 Å². The number of nitrogens with two attached hydrogens (primary N) is 1. The quantitative estimate of drug-likeness (QED) is 0.841. The molecule has 0 spiro atoms. The van der Waals surface area contributed by atoms with Gasteiger partial charge in [0, 0.05) is 30.2 Å². The van der Waals surface area contributed by atoms with E-state index in [1.807, 2.05) is 12.3 Å². The molecule has 2 N–H and O–H groups in total. The van der Waals surface area contributed by atoms with Crippen LogP contribution in [0, 0.1) is 5.82 Å². The number of anilines is 1. The standard InChI is InChI=1S/C17H22FN3S.ClH/c18-14-5-3-4-13(10-14)8-9-21(15-6-1-2-7-15)12-16-11-20-17(19)22-16;/h3-5,10-11,15H,1-2,6-9,12H2,(H2,19,20);1H. The summed E-state index contributed by atoms with van der Waals surface area (Å²) in [5, 5.41) is 0.631. The van der Waals surface area contributed by atoms with E-state index < -0.39 is 0 Å². The molecule has 1 aliphatic carbocycles. The number of halogens is 2. The van der Waals surface area contributed by atoms with Crippen LogP contribution in [0.1, 0.15) is 36.1 Å². The number of aromatic nitrogens is 1. The smallest absolute Gasteiger partial charge is 0.180 e. The monoisotopic (exact) mass is 355 g/mol. The van der Waals surface area contributed by atoms with Gasteiger partial charge in [0.25, 0.3) is 0 Å². The highest BCUT2D eigenvalue weighted by Crippen LogP contribution is 2.27. The zero-order valence-corrected chi connectivity index (χ0v) is 14.7. The number of nitrogens with zero attached hydrogens (tertiary/aromatic N) is 2. The van der Waals surface area contributed by atoms with Gasteiger partial charge in [-0.1, -0.05) is 25.0 Å². The maximum Gasteiger partial charge on any atom is 0.180 e. The van der Waals surface area contributed by atoms with E-state index in [1.54, 1.807) is 23.5 Å². The van der Waals surface area contributed by atoms with E-state index in [1.165, 1.54) is 36.6 Å². The van der Waals surface area contributed by atoms with E-state index in [4.69, 9.17) is 5.73 Å². The fourth-order valence-electron chi connectivity index (χ4n) is 3.22. The molecule has 1 aliphatic rings. The first-order valence-electron chi connectivity index (χ1n) is 7.89. The molecule has 23 heavy (non-hydrogen) atoms. The van der Waals surface area contributed by atoms with Gasteiger partial charge in [-0.3, -0.25) is 4.90 Å². The van der Waals surface area contributed by atoms with Crippen LogP contribution >= 0.6 is 23.7 Å². The molecular weight excluding hydrogens is 333 g/mol. The number of benzene rings is 1. The normalized spacial score (nSPS) is 15.0. The summed E-state index contributed by atoms with van der Waals surface area (Å²) in [5.41, 5.74) is 6.80. The summed E-state index contributed by atoms with van der Waals surface area (Å²) in [7, 11) is 0. The summed E-state index contributed by atoms with van der Waals surface area (Å²) < 4.78 is 13.3. The first-order chi connectivity index (χ1) is 10.7. The van der Waals surface area contributed by atoms with Crippen LogP contribution in [0.4, 0.5) is 9.52 Å². The largest absolute Gasteiger partial charge is 0.375 e. The predicted molar refractivity (Wildman–Crippen MR) is 96.5 cm³/mol. The van der Waals surface area contributed by atoms with Crippen LogP contribution in [0.5, 0.6) is 0 Å². The van der Waals surface area contributed by atoms with E-state index in [0.29, 0.717) is 11.2 Å². The topological polar surface area (TPSA) is 42.1 Å². The van der Waals surface area contributed by atoms with Gasteiger partial charge in [-0.15, -0.1) is 23.7 Å². The molecule has 0 radical (unpaired) electrons. The zero-order valence-electron chi connectivity index (χ0n) is 13.1. The zero-order chi connectivity index (χ0) is 15.4. The van der Waals surface area contributed by atoms with Crippen molar-refractivity contribution in [2.75, 3.05) is 12.3 Å². The van der Waals surface area contributed by atoms with Crippen molar-refractivity contribution in [1.82, 2.24) is 9.88 Å². The molecule has 0 bridgehead atoms. The highest BCUT2D eigenvalue weighted by molar-refractivity contribution is 7.15. The van der Waals surface area contributed by atoms with Crippen LogP contribution in [0.25, 0.3) is 0 Å². The summed E-state index contributed by atoms with van der Waals surface area (Å²) in [5.74, 6) is -0.153. The number of nitrogen functional groups attached to an aromatic ring is 1. The lowest BCUT2D eigenvalue weighted by atomic mass is 10.1. The van der Waals surface area contributed by atoms with Crippen LogP contribution in [0.15, 0.2) is 30.5 Å². The molecule has 3 rings (SSSR count). The van der Waals surface area contributed by atoms with Gasteiger partial charge in [-0.2, -0.15) is 0 Å². The third kappa shape index (κ3) is 5.16. The second kappa shape index (κ2) is 8.62. The minimum atomic E-state index is -0.153. The van der Waals surface area contributed by atoms with Crippen molar-refractivity contribution in [3.8, 4) is 0 Å². The second-order valence-electron chi connectivity index (χ2n) is 5.95. The van der Waals surface area contributed by atoms with E-state index in [2.05, 4.69) is 9.88 Å². The van der Waals surface area contributed by atoms with Crippen LogP contribution in [0.3, 0.4) is 0 Å². The van der Waals surface area contributed by atoms with Crippen molar-refractivity contribution in [3.63, 3.8) is 0 Å². The molecule has 0 saturated heterocycles. The summed E-state index contributed by atoms with van der Waals surface area (Å²) in [6, 6.07) is 7.56. The Hall–Kier alpha value is -1.17. The SMILES string of the molecule is Cl.Nc1ncc(CN(CCc2cccc(F)c2)C2CCCC2)s1. The molecule has 0 aliphatic heterocycles. The first-order valence-corrected chi connectivity index (χ1v) is 8.71. The average Bonchev–Trinajstić information content (AvgIpc) is 3.15. The van der Waals surface area contributed by atoms with Gasteiger partial charge in [0.05, 0.1) is 0 Å². The maximum atomic E-state index is 13.3. The van der Waals surface area contributed by atoms with Gasteiger partial charge in [0.15, 0.2) is 5.13 Å². The summed E-state index contributed by atoms with van der Waals surface area (Å²) in [6.45, 7) is 1.85. The fourth-order valence-corrected chi connectivity index (χ4v) is 3.93. The van der Waals surface area contributed by atoms with Crippen molar-refractivity contribution in [2.24, 2.45) is 0 Å². The van der Waals surface area contributed by atoms with E-state index in [9.17, 15) is 4.39 Å². The number of hydrogen-bond acceptors (Lipinski definition) is 4. The predicted octanol–water partition coefficient (Wildman–Crippen LogP) is 4.27. The maximum absolute atomic E-state index is 13.3. The molecule has 1 aromatic carbocycles. The third-order valence-electron chi connectivity index (χ3n) is 4.35. The molecule has 0 unspecified atom stereocenters. The molecule has 1 aromatic heterocycles. The minimum Gasteiger partial charge on any atom is -0.375 e. The molecule has 1 heterocycles. The molecule has 0 amide bonds. The van der Waals surface area contributed by atoms with Crippen molar-refractivity contribution in [3.05, 3.63) is 46.7 Å². The van der Waals surface area contributed by atoms with Crippen LogP contribution in [-0.2, 0) is 13.0 Å². The second-order valence-corrected chi connectivity index (χ2v) is 7.10. The number of rotatable bonds is 6. The average molecular weight is 356 g/mol. The van der Waals surface area contributed by atoms with Crippen LogP contribution < -0.4 is 5.73 Å². The van der Waals surface area contributed by atoms with Crippen LogP contribution in [-0.4, -0.2) is 22.5 Å². The Morgan fingerprint density at radius 1 is 1.30 bits per heavy atom. The van der Waals surface area contributed by atoms with Crippen molar-refractivity contribution >= 4 is 28.9 Å². The van der Waals surface area contributed by atoms with Gasteiger partial charge in [0.2, 0.25) is 0 Å². The molecule has 3 nitrogen and oxygen atoms in total. The van der Waals surface area contributed by atoms with E-state index in [0.717, 1.165) is 25.1 Å². The highest BCUT2D eigenvalue weighted by Gasteiger charge is 2.23. The summed E-state index contributed by atoms with van der Waals surface area (Å²) >= 11 is 1.56. The fraction of sp³-hybridized carbons (Fsp3) is 0.471. The molecular formula is C17H23ClFN3S. The van der Waals surface area contributed by atoms with Gasteiger partial charge in [0.1, 0.15) is 5.82 Å². The van der Waals surface area contributed by atoms with Gasteiger partial charge >= 0.3 is 0 Å². The lowest BCUT2D eigenvalue weighted by molar-refractivity contribution is 0.193. The van der Waals surface area contributed by atoms with Crippen molar-refractivity contribution in [1.29, 1.82) is 0 Å². The summed E-state index contributed by atoms with van der Waals surface area (Å²) in [6.07, 6.45) is 7.90. The van der Waals surface area contributed by atoms with E-state index >= 15 is 0 Å². The Labute approximate surface area is 147 Å². The van der Waals surface area contributed by atoms with Crippen molar-refractivity contribution < 1.29 is 4.39 Å². The molecule has 2 aromatic rings. The molecule has 0 atom stereocenters. The number of thiazole rings is 1. The third-order valence-corrected chi connectivity index (χ3v) is 5.16. The first kappa shape index (κ1) is 18.2. The Morgan fingerprint density at radius 3 is 2.74 bits per heavy atom. The van der Waals surface area contributed by atoms with Gasteiger partial charge in [-0.05, 0) is 37.0 Å². The molecule has 1 saturated carbocycles. The highest BCUT2D eigenvalue weighted by atomic mass is 35.5.